The standard InChI is InChI=1S/C15H20O3/c1-10-5-6-13(12(3)11(10)2)7-15(8-18-9-15)14(16)17-4/h5-6H,7-9H2,1-4H3. The number of ether oxygens (including phenoxy) is 2. The molecule has 0 radical (unpaired) electrons. The second-order valence-corrected chi connectivity index (χ2v) is 5.23. The lowest BCUT2D eigenvalue weighted by Crippen LogP contribution is -2.51. The summed E-state index contributed by atoms with van der Waals surface area (Å²) < 4.78 is 10.1. The fourth-order valence-electron chi connectivity index (χ4n) is 2.43. The van der Waals surface area contributed by atoms with E-state index >= 15 is 0 Å². The van der Waals surface area contributed by atoms with Crippen molar-refractivity contribution in [2.75, 3.05) is 20.3 Å². The molecule has 0 amide bonds. The van der Waals surface area contributed by atoms with Gasteiger partial charge in [-0.3, -0.25) is 4.79 Å². The molecule has 0 saturated carbocycles. The number of benzene rings is 1. The summed E-state index contributed by atoms with van der Waals surface area (Å²) in [5.41, 5.74) is 4.60. The van der Waals surface area contributed by atoms with Gasteiger partial charge in [0.05, 0.1) is 20.3 Å². The molecule has 18 heavy (non-hydrogen) atoms. The Bertz CT molecular complexity index is 473. The third kappa shape index (κ3) is 2.03. The molecule has 0 aliphatic carbocycles. The summed E-state index contributed by atoms with van der Waals surface area (Å²) in [6.45, 7) is 7.27. The molecule has 98 valence electrons. The van der Waals surface area contributed by atoms with Gasteiger partial charge in [-0.15, -0.1) is 0 Å². The van der Waals surface area contributed by atoms with Crippen LogP contribution >= 0.6 is 0 Å². The van der Waals surface area contributed by atoms with E-state index in [2.05, 4.69) is 32.9 Å². The van der Waals surface area contributed by atoms with Gasteiger partial charge in [-0.1, -0.05) is 12.1 Å². The zero-order valence-electron chi connectivity index (χ0n) is 11.5. The van der Waals surface area contributed by atoms with Crippen LogP contribution in [-0.2, 0) is 20.7 Å². The molecule has 0 aromatic heterocycles. The first-order valence-electron chi connectivity index (χ1n) is 6.22. The lowest BCUT2D eigenvalue weighted by molar-refractivity contribution is -0.182. The van der Waals surface area contributed by atoms with Crippen LogP contribution in [0.5, 0.6) is 0 Å². The van der Waals surface area contributed by atoms with Crippen molar-refractivity contribution >= 4 is 5.97 Å². The Labute approximate surface area is 108 Å². The Balaban J connectivity index is 2.28. The largest absolute Gasteiger partial charge is 0.468 e. The second kappa shape index (κ2) is 4.73. The van der Waals surface area contributed by atoms with Crippen molar-refractivity contribution in [1.82, 2.24) is 0 Å². The Morgan fingerprint density at radius 3 is 2.44 bits per heavy atom. The Morgan fingerprint density at radius 2 is 1.94 bits per heavy atom. The summed E-state index contributed by atoms with van der Waals surface area (Å²) in [6, 6.07) is 4.23. The van der Waals surface area contributed by atoms with E-state index in [9.17, 15) is 4.79 Å². The van der Waals surface area contributed by atoms with Gasteiger partial charge in [0.25, 0.3) is 0 Å². The van der Waals surface area contributed by atoms with E-state index in [4.69, 9.17) is 9.47 Å². The van der Waals surface area contributed by atoms with Crippen LogP contribution in [0.2, 0.25) is 0 Å². The number of methoxy groups -OCH3 is 1. The minimum Gasteiger partial charge on any atom is -0.468 e. The number of esters is 1. The number of carbonyl (C=O) groups is 1. The summed E-state index contributed by atoms with van der Waals surface area (Å²) in [6.07, 6.45) is 0.701. The van der Waals surface area contributed by atoms with E-state index in [-0.39, 0.29) is 5.97 Å². The van der Waals surface area contributed by atoms with Crippen LogP contribution < -0.4 is 0 Å². The molecular formula is C15H20O3. The molecule has 1 heterocycles. The van der Waals surface area contributed by atoms with Crippen molar-refractivity contribution in [1.29, 1.82) is 0 Å². The summed E-state index contributed by atoms with van der Waals surface area (Å²) in [7, 11) is 1.44. The lowest BCUT2D eigenvalue weighted by atomic mass is 9.78. The molecule has 1 aliphatic heterocycles. The predicted molar refractivity (Wildman–Crippen MR) is 69.6 cm³/mol. The van der Waals surface area contributed by atoms with Crippen molar-refractivity contribution in [3.63, 3.8) is 0 Å². The average Bonchev–Trinajstić information content (AvgIpc) is 2.32. The molecule has 1 aromatic rings. The second-order valence-electron chi connectivity index (χ2n) is 5.23. The van der Waals surface area contributed by atoms with Gasteiger partial charge < -0.3 is 9.47 Å². The first kappa shape index (κ1) is 13.1. The van der Waals surface area contributed by atoms with Gasteiger partial charge in [-0.25, -0.2) is 0 Å². The first-order chi connectivity index (χ1) is 8.50. The average molecular weight is 248 g/mol. The van der Waals surface area contributed by atoms with Crippen molar-refractivity contribution in [3.05, 3.63) is 34.4 Å². The highest BCUT2D eigenvalue weighted by atomic mass is 16.5. The highest BCUT2D eigenvalue weighted by Crippen LogP contribution is 2.34. The van der Waals surface area contributed by atoms with Crippen LogP contribution in [0.1, 0.15) is 22.3 Å². The molecule has 0 bridgehead atoms. The summed E-state index contributed by atoms with van der Waals surface area (Å²) in [5, 5.41) is 0. The lowest BCUT2D eigenvalue weighted by Gasteiger charge is -2.39. The molecule has 1 fully saturated rings. The number of hydrogen-bond donors (Lipinski definition) is 0. The smallest absolute Gasteiger partial charge is 0.316 e. The fraction of sp³-hybridized carbons (Fsp3) is 0.533. The SMILES string of the molecule is COC(=O)C1(Cc2ccc(C)c(C)c2C)COC1. The third-order valence-corrected chi connectivity index (χ3v) is 4.07. The van der Waals surface area contributed by atoms with Crippen molar-refractivity contribution in [2.24, 2.45) is 5.41 Å². The van der Waals surface area contributed by atoms with Gasteiger partial charge in [0.1, 0.15) is 5.41 Å². The Hall–Kier alpha value is -1.35. The molecule has 2 rings (SSSR count). The highest BCUT2D eigenvalue weighted by molar-refractivity contribution is 5.78. The van der Waals surface area contributed by atoms with Crippen molar-refractivity contribution < 1.29 is 14.3 Å². The number of carbonyl (C=O) groups excluding carboxylic acids is 1. The molecule has 0 atom stereocenters. The van der Waals surface area contributed by atoms with Crippen LogP contribution in [0.4, 0.5) is 0 Å². The molecule has 1 aromatic carbocycles. The van der Waals surface area contributed by atoms with Crippen LogP contribution in [0.25, 0.3) is 0 Å². The predicted octanol–water partition coefficient (Wildman–Crippen LogP) is 2.34. The maximum Gasteiger partial charge on any atom is 0.316 e. The van der Waals surface area contributed by atoms with Crippen molar-refractivity contribution in [2.45, 2.75) is 27.2 Å². The Morgan fingerprint density at radius 1 is 1.28 bits per heavy atom. The fourth-order valence-corrected chi connectivity index (χ4v) is 2.43. The molecular weight excluding hydrogens is 228 g/mol. The molecule has 1 saturated heterocycles. The van der Waals surface area contributed by atoms with E-state index in [1.165, 1.54) is 29.4 Å². The first-order valence-corrected chi connectivity index (χ1v) is 6.22. The van der Waals surface area contributed by atoms with E-state index in [1.54, 1.807) is 0 Å². The molecule has 0 N–H and O–H groups in total. The zero-order valence-corrected chi connectivity index (χ0v) is 11.5. The summed E-state index contributed by atoms with van der Waals surface area (Å²) in [4.78, 5) is 11.9. The van der Waals surface area contributed by atoms with Crippen LogP contribution in [0.3, 0.4) is 0 Å². The molecule has 3 heteroatoms. The highest BCUT2D eigenvalue weighted by Gasteiger charge is 2.47. The topological polar surface area (TPSA) is 35.5 Å². The molecule has 0 spiro atoms. The van der Waals surface area contributed by atoms with Crippen LogP contribution in [0, 0.1) is 26.2 Å². The van der Waals surface area contributed by atoms with Gasteiger partial charge in [-0.05, 0) is 49.4 Å². The molecule has 0 unspecified atom stereocenters. The van der Waals surface area contributed by atoms with Gasteiger partial charge in [0.2, 0.25) is 0 Å². The van der Waals surface area contributed by atoms with Gasteiger partial charge in [-0.2, -0.15) is 0 Å². The monoisotopic (exact) mass is 248 g/mol. The molecule has 3 nitrogen and oxygen atoms in total. The van der Waals surface area contributed by atoms with Gasteiger partial charge >= 0.3 is 5.97 Å². The van der Waals surface area contributed by atoms with E-state index < -0.39 is 5.41 Å². The molecule has 1 aliphatic rings. The van der Waals surface area contributed by atoms with E-state index in [0.29, 0.717) is 19.6 Å². The van der Waals surface area contributed by atoms with Crippen LogP contribution in [0.15, 0.2) is 12.1 Å². The number of rotatable bonds is 3. The maximum atomic E-state index is 11.9. The number of hydrogen-bond acceptors (Lipinski definition) is 3. The normalized spacial score (nSPS) is 17.1. The van der Waals surface area contributed by atoms with E-state index in [1.807, 2.05) is 0 Å². The zero-order chi connectivity index (χ0) is 13.3. The van der Waals surface area contributed by atoms with Gasteiger partial charge in [0.15, 0.2) is 0 Å². The quantitative estimate of drug-likeness (QED) is 0.770. The Kier molecular flexibility index (Phi) is 3.44. The third-order valence-electron chi connectivity index (χ3n) is 4.07. The summed E-state index contributed by atoms with van der Waals surface area (Å²) in [5.74, 6) is -0.161. The minimum atomic E-state index is -0.471. The van der Waals surface area contributed by atoms with Crippen LogP contribution in [-0.4, -0.2) is 26.3 Å². The maximum absolute atomic E-state index is 11.9. The van der Waals surface area contributed by atoms with E-state index in [0.717, 1.165) is 0 Å². The van der Waals surface area contributed by atoms with Crippen molar-refractivity contribution in [3.8, 4) is 0 Å². The number of aryl methyl sites for hydroxylation is 1. The minimum absolute atomic E-state index is 0.161. The van der Waals surface area contributed by atoms with Gasteiger partial charge in [0, 0.05) is 0 Å². The summed E-state index contributed by atoms with van der Waals surface area (Å²) >= 11 is 0.